The molecule has 0 spiro atoms. The smallest absolute Gasteiger partial charge is 0.316 e. The van der Waals surface area contributed by atoms with Crippen LogP contribution in [-0.4, -0.2) is 24.7 Å². The molecule has 0 amide bonds. The van der Waals surface area contributed by atoms with E-state index in [0.717, 1.165) is 41.1 Å². The molecule has 156 valence electrons. The molecule has 0 unspecified atom stereocenters. The first-order valence-electron chi connectivity index (χ1n) is 10.1. The third-order valence-electron chi connectivity index (χ3n) is 5.54. The van der Waals surface area contributed by atoms with Crippen LogP contribution in [0.1, 0.15) is 37.4 Å². The Labute approximate surface area is 180 Å². The number of benzene rings is 2. The summed E-state index contributed by atoms with van der Waals surface area (Å²) in [4.78, 5) is 17.6. The Morgan fingerprint density at radius 1 is 1.13 bits per heavy atom. The molecule has 0 aliphatic heterocycles. The van der Waals surface area contributed by atoms with E-state index in [9.17, 15) is 4.79 Å². The molecule has 3 aromatic rings. The highest BCUT2D eigenvalue weighted by Crippen LogP contribution is 2.45. The van der Waals surface area contributed by atoms with Crippen molar-refractivity contribution in [1.29, 1.82) is 0 Å². The molecule has 1 heterocycles. The summed E-state index contributed by atoms with van der Waals surface area (Å²) in [5, 5.41) is 2.78. The molecule has 1 aliphatic rings. The van der Waals surface area contributed by atoms with Crippen molar-refractivity contribution in [1.82, 2.24) is 4.98 Å². The average Bonchev–Trinajstić information content (AvgIpc) is 3.22. The van der Waals surface area contributed by atoms with E-state index in [1.54, 1.807) is 7.11 Å². The lowest BCUT2D eigenvalue weighted by Gasteiger charge is -2.39. The molecule has 4 rings (SSSR count). The Morgan fingerprint density at radius 3 is 2.60 bits per heavy atom. The second kappa shape index (κ2) is 8.88. The van der Waals surface area contributed by atoms with Crippen molar-refractivity contribution in [2.24, 2.45) is 0 Å². The molecule has 1 aromatic heterocycles. The number of carbonyl (C=O) groups is 1. The van der Waals surface area contributed by atoms with Crippen LogP contribution < -0.4 is 9.47 Å². The number of aromatic nitrogens is 1. The lowest BCUT2D eigenvalue weighted by Crippen LogP contribution is -2.43. The van der Waals surface area contributed by atoms with E-state index in [0.29, 0.717) is 18.1 Å². The standard InChI is InChI=1S/C24H25NO4S/c1-3-28-20-11-10-17(14-21(20)27-2)22-25-19(16-30-22)15-29-23(26)24(12-7-13-24)18-8-5-4-6-9-18/h4-6,8-11,14,16H,3,7,12-13,15H2,1-2H3. The maximum absolute atomic E-state index is 12.9. The van der Waals surface area contributed by atoms with Crippen LogP contribution in [0.15, 0.2) is 53.9 Å². The molecule has 1 saturated carbocycles. The van der Waals surface area contributed by atoms with E-state index < -0.39 is 5.41 Å². The van der Waals surface area contributed by atoms with Gasteiger partial charge in [-0.05, 0) is 43.5 Å². The summed E-state index contributed by atoms with van der Waals surface area (Å²) in [5.41, 5.74) is 2.24. The molecule has 0 N–H and O–H groups in total. The number of thiazole rings is 1. The van der Waals surface area contributed by atoms with E-state index in [2.05, 4.69) is 4.98 Å². The Hall–Kier alpha value is -2.86. The maximum atomic E-state index is 12.9. The van der Waals surface area contributed by atoms with Crippen molar-refractivity contribution in [3.63, 3.8) is 0 Å². The second-order valence-corrected chi connectivity index (χ2v) is 8.18. The summed E-state index contributed by atoms with van der Waals surface area (Å²) in [6.07, 6.45) is 2.72. The summed E-state index contributed by atoms with van der Waals surface area (Å²) < 4.78 is 16.7. The van der Waals surface area contributed by atoms with Crippen molar-refractivity contribution < 1.29 is 19.0 Å². The minimum Gasteiger partial charge on any atom is -0.493 e. The molecule has 30 heavy (non-hydrogen) atoms. The van der Waals surface area contributed by atoms with Gasteiger partial charge in [-0.15, -0.1) is 11.3 Å². The lowest BCUT2D eigenvalue weighted by atomic mass is 9.64. The second-order valence-electron chi connectivity index (χ2n) is 7.32. The van der Waals surface area contributed by atoms with Crippen LogP contribution in [0.2, 0.25) is 0 Å². The van der Waals surface area contributed by atoms with Gasteiger partial charge in [-0.3, -0.25) is 4.79 Å². The predicted molar refractivity (Wildman–Crippen MR) is 117 cm³/mol. The van der Waals surface area contributed by atoms with Crippen molar-refractivity contribution in [3.8, 4) is 22.1 Å². The Kier molecular flexibility index (Phi) is 6.04. The third kappa shape index (κ3) is 3.92. The van der Waals surface area contributed by atoms with Crippen molar-refractivity contribution >= 4 is 17.3 Å². The highest BCUT2D eigenvalue weighted by atomic mass is 32.1. The molecule has 0 bridgehead atoms. The van der Waals surface area contributed by atoms with Gasteiger partial charge in [0.15, 0.2) is 11.5 Å². The zero-order chi connectivity index (χ0) is 21.0. The topological polar surface area (TPSA) is 57.7 Å². The fourth-order valence-electron chi connectivity index (χ4n) is 3.76. The Balaban J connectivity index is 1.45. The molecule has 0 atom stereocenters. The van der Waals surface area contributed by atoms with Crippen LogP contribution in [0.3, 0.4) is 0 Å². The fraction of sp³-hybridized carbons (Fsp3) is 0.333. The lowest BCUT2D eigenvalue weighted by molar-refractivity contribution is -0.156. The van der Waals surface area contributed by atoms with Crippen molar-refractivity contribution in [2.75, 3.05) is 13.7 Å². The average molecular weight is 424 g/mol. The van der Waals surface area contributed by atoms with E-state index >= 15 is 0 Å². The van der Waals surface area contributed by atoms with Crippen LogP contribution in [-0.2, 0) is 21.6 Å². The number of esters is 1. The predicted octanol–water partition coefficient (Wildman–Crippen LogP) is 5.38. The summed E-state index contributed by atoms with van der Waals surface area (Å²) in [7, 11) is 1.62. The molecule has 5 nitrogen and oxygen atoms in total. The number of rotatable bonds is 8. The molecule has 2 aromatic carbocycles. The van der Waals surface area contributed by atoms with Crippen LogP contribution in [0.5, 0.6) is 11.5 Å². The molecular formula is C24H25NO4S. The largest absolute Gasteiger partial charge is 0.493 e. The molecule has 1 fully saturated rings. The van der Waals surface area contributed by atoms with Crippen LogP contribution >= 0.6 is 11.3 Å². The van der Waals surface area contributed by atoms with Gasteiger partial charge in [0, 0.05) is 10.9 Å². The molecule has 0 saturated heterocycles. The maximum Gasteiger partial charge on any atom is 0.316 e. The zero-order valence-electron chi connectivity index (χ0n) is 17.2. The molecule has 6 heteroatoms. The number of hydrogen-bond acceptors (Lipinski definition) is 6. The van der Waals surface area contributed by atoms with E-state index in [1.165, 1.54) is 11.3 Å². The summed E-state index contributed by atoms with van der Waals surface area (Å²) in [6, 6.07) is 15.7. The highest BCUT2D eigenvalue weighted by molar-refractivity contribution is 7.13. The molecular weight excluding hydrogens is 398 g/mol. The summed E-state index contributed by atoms with van der Waals surface area (Å²) in [5.74, 6) is 1.23. The molecule has 0 radical (unpaired) electrons. The Bertz CT molecular complexity index is 1010. The third-order valence-corrected chi connectivity index (χ3v) is 6.48. The number of hydrogen-bond donors (Lipinski definition) is 0. The fourth-order valence-corrected chi connectivity index (χ4v) is 4.56. The monoisotopic (exact) mass is 423 g/mol. The highest BCUT2D eigenvalue weighted by Gasteiger charge is 2.47. The first-order valence-corrected chi connectivity index (χ1v) is 11.0. The van der Waals surface area contributed by atoms with Crippen molar-refractivity contribution in [2.45, 2.75) is 38.2 Å². The minimum absolute atomic E-state index is 0.155. The summed E-state index contributed by atoms with van der Waals surface area (Å²) in [6.45, 7) is 2.69. The minimum atomic E-state index is -0.497. The van der Waals surface area contributed by atoms with Gasteiger partial charge < -0.3 is 14.2 Å². The quantitative estimate of drug-likeness (QED) is 0.455. The van der Waals surface area contributed by atoms with E-state index in [1.807, 2.05) is 60.8 Å². The van der Waals surface area contributed by atoms with Gasteiger partial charge in [0.25, 0.3) is 0 Å². The van der Waals surface area contributed by atoms with Gasteiger partial charge in [0.1, 0.15) is 11.6 Å². The number of ether oxygens (including phenoxy) is 3. The van der Waals surface area contributed by atoms with E-state index in [4.69, 9.17) is 14.2 Å². The number of nitrogens with zero attached hydrogens (tertiary/aromatic N) is 1. The zero-order valence-corrected chi connectivity index (χ0v) is 18.0. The van der Waals surface area contributed by atoms with Crippen molar-refractivity contribution in [3.05, 3.63) is 65.2 Å². The Morgan fingerprint density at radius 2 is 1.93 bits per heavy atom. The summed E-state index contributed by atoms with van der Waals surface area (Å²) >= 11 is 1.52. The SMILES string of the molecule is CCOc1ccc(-c2nc(COC(=O)C3(c4ccccc4)CCC3)cs2)cc1OC. The van der Waals surface area contributed by atoms with Gasteiger partial charge in [-0.1, -0.05) is 36.8 Å². The van der Waals surface area contributed by atoms with Gasteiger partial charge in [-0.2, -0.15) is 0 Å². The normalized spacial score (nSPS) is 14.6. The van der Waals surface area contributed by atoms with Crippen LogP contribution in [0, 0.1) is 0 Å². The van der Waals surface area contributed by atoms with Crippen LogP contribution in [0.25, 0.3) is 10.6 Å². The van der Waals surface area contributed by atoms with E-state index in [-0.39, 0.29) is 12.6 Å². The number of carbonyl (C=O) groups excluding carboxylic acids is 1. The number of methoxy groups -OCH3 is 1. The first kappa shape index (κ1) is 20.4. The first-order chi connectivity index (χ1) is 14.7. The van der Waals surface area contributed by atoms with Gasteiger partial charge in [-0.25, -0.2) is 4.98 Å². The van der Waals surface area contributed by atoms with Gasteiger partial charge in [0.05, 0.1) is 24.8 Å². The van der Waals surface area contributed by atoms with Gasteiger partial charge in [0.2, 0.25) is 0 Å². The van der Waals surface area contributed by atoms with Crippen LogP contribution in [0.4, 0.5) is 0 Å². The van der Waals surface area contributed by atoms with Gasteiger partial charge >= 0.3 is 5.97 Å². The molecule has 1 aliphatic carbocycles.